The molecule has 0 spiro atoms. The summed E-state index contributed by atoms with van der Waals surface area (Å²) in [7, 11) is 0. The first-order valence-electron chi connectivity index (χ1n) is 7.86. The summed E-state index contributed by atoms with van der Waals surface area (Å²) >= 11 is 1.63. The van der Waals surface area contributed by atoms with Gasteiger partial charge in [-0.3, -0.25) is 4.79 Å². The summed E-state index contributed by atoms with van der Waals surface area (Å²) in [6.07, 6.45) is 3.96. The van der Waals surface area contributed by atoms with Gasteiger partial charge < -0.3 is 0 Å². The van der Waals surface area contributed by atoms with E-state index in [1.165, 1.54) is 0 Å². The number of aromatic nitrogens is 2. The average Bonchev–Trinajstić information content (AvgIpc) is 2.81. The van der Waals surface area contributed by atoms with E-state index in [4.69, 9.17) is 0 Å². The summed E-state index contributed by atoms with van der Waals surface area (Å²) in [6.45, 7) is 6.81. The van der Waals surface area contributed by atoms with Crippen molar-refractivity contribution in [1.82, 2.24) is 10.2 Å². The summed E-state index contributed by atoms with van der Waals surface area (Å²) in [5.74, 6) is 0.622. The molecule has 3 nitrogen and oxygen atoms in total. The van der Waals surface area contributed by atoms with Gasteiger partial charge in [0.15, 0.2) is 0 Å². The molecule has 1 heterocycles. The maximum atomic E-state index is 12.9. The molecule has 0 amide bonds. The third kappa shape index (κ3) is 1.67. The molecule has 0 saturated heterocycles. The van der Waals surface area contributed by atoms with Crippen LogP contribution in [0.3, 0.4) is 0 Å². The van der Waals surface area contributed by atoms with Gasteiger partial charge in [-0.25, -0.2) is 0 Å². The highest BCUT2D eigenvalue weighted by atomic mass is 32.2. The van der Waals surface area contributed by atoms with Gasteiger partial charge in [-0.05, 0) is 23.7 Å². The Morgan fingerprint density at radius 3 is 2.73 bits per heavy atom. The molecule has 3 atom stereocenters. The summed E-state index contributed by atoms with van der Waals surface area (Å²) in [5, 5.41) is 11.5. The molecule has 2 fully saturated rings. The van der Waals surface area contributed by atoms with Crippen molar-refractivity contribution in [1.29, 1.82) is 0 Å². The zero-order valence-electron chi connectivity index (χ0n) is 13.2. The first-order chi connectivity index (χ1) is 10.4. The molecule has 0 aliphatic heterocycles. The lowest BCUT2D eigenvalue weighted by Gasteiger charge is -2.37. The quantitative estimate of drug-likeness (QED) is 0.837. The number of Topliss-reactive ketones (excluding diaryl/α,β-unsaturated/α-hetero) is 1. The standard InChI is InChI=1S/C18H20N2OS/c1-17(2)13-8-9-18(17,3)15(14(13)21)22-16-12-7-5-4-6-11(12)10-19-20-16/h4-7,10,13,15H,8-9H2,1-3H3/t13-,15-,18-/m0/s1. The van der Waals surface area contributed by atoms with Crippen LogP contribution in [-0.2, 0) is 4.79 Å². The Bertz CT molecular complexity index is 767. The molecular formula is C18H20N2OS. The summed E-state index contributed by atoms with van der Waals surface area (Å²) < 4.78 is 0. The average molecular weight is 312 g/mol. The fraction of sp³-hybridized carbons (Fsp3) is 0.500. The van der Waals surface area contributed by atoms with Gasteiger partial charge in [0, 0.05) is 16.7 Å². The minimum atomic E-state index is 0.00126. The molecule has 4 heteroatoms. The fourth-order valence-corrected chi connectivity index (χ4v) is 5.97. The SMILES string of the molecule is CC1(C)[C@H]2CC[C@@]1(C)[C@@H](Sc1nncc3ccccc13)C2=O. The molecular weight excluding hydrogens is 292 g/mol. The van der Waals surface area contributed by atoms with E-state index in [0.29, 0.717) is 5.78 Å². The largest absolute Gasteiger partial charge is 0.298 e. The lowest BCUT2D eigenvalue weighted by molar-refractivity contribution is -0.122. The van der Waals surface area contributed by atoms with Crippen LogP contribution >= 0.6 is 11.8 Å². The van der Waals surface area contributed by atoms with E-state index in [2.05, 4.69) is 37.0 Å². The van der Waals surface area contributed by atoms with Gasteiger partial charge in [0.1, 0.15) is 10.8 Å². The number of benzene rings is 1. The highest BCUT2D eigenvalue weighted by molar-refractivity contribution is 8.00. The topological polar surface area (TPSA) is 42.9 Å². The van der Waals surface area contributed by atoms with E-state index < -0.39 is 0 Å². The Morgan fingerprint density at radius 1 is 1.23 bits per heavy atom. The van der Waals surface area contributed by atoms with Crippen LogP contribution in [0.4, 0.5) is 0 Å². The van der Waals surface area contributed by atoms with Crippen molar-refractivity contribution in [3.8, 4) is 0 Å². The van der Waals surface area contributed by atoms with Crippen molar-refractivity contribution >= 4 is 28.3 Å². The summed E-state index contributed by atoms with van der Waals surface area (Å²) in [6, 6.07) is 8.13. The van der Waals surface area contributed by atoms with Gasteiger partial charge in [-0.2, -0.15) is 5.10 Å². The molecule has 114 valence electrons. The first-order valence-corrected chi connectivity index (χ1v) is 8.74. The molecule has 2 aliphatic rings. The lowest BCUT2D eigenvalue weighted by atomic mass is 9.71. The third-order valence-electron chi connectivity index (χ3n) is 6.24. The smallest absolute Gasteiger partial charge is 0.150 e. The number of carbonyl (C=O) groups excluding carboxylic acids is 1. The van der Waals surface area contributed by atoms with Crippen LogP contribution in [0.15, 0.2) is 35.5 Å². The molecule has 4 rings (SSSR count). The number of thioether (sulfide) groups is 1. The number of hydrogen-bond donors (Lipinski definition) is 0. The van der Waals surface area contributed by atoms with Gasteiger partial charge >= 0.3 is 0 Å². The predicted octanol–water partition coefficient (Wildman–Crippen LogP) is 4.12. The fourth-order valence-electron chi connectivity index (χ4n) is 4.38. The molecule has 0 N–H and O–H groups in total. The van der Waals surface area contributed by atoms with Crippen molar-refractivity contribution in [2.75, 3.05) is 0 Å². The van der Waals surface area contributed by atoms with E-state index in [9.17, 15) is 4.79 Å². The number of hydrogen-bond acceptors (Lipinski definition) is 4. The maximum absolute atomic E-state index is 12.9. The van der Waals surface area contributed by atoms with E-state index >= 15 is 0 Å². The zero-order chi connectivity index (χ0) is 15.5. The molecule has 0 unspecified atom stereocenters. The van der Waals surface area contributed by atoms with Crippen LogP contribution in [0.1, 0.15) is 33.6 Å². The highest BCUT2D eigenvalue weighted by Gasteiger charge is 2.66. The minimum absolute atomic E-state index is 0.00126. The van der Waals surface area contributed by atoms with Crippen molar-refractivity contribution < 1.29 is 4.79 Å². The highest BCUT2D eigenvalue weighted by Crippen LogP contribution is 2.67. The number of ketones is 1. The Labute approximate surface area is 134 Å². The molecule has 1 aromatic carbocycles. The maximum Gasteiger partial charge on any atom is 0.150 e. The monoisotopic (exact) mass is 312 g/mol. The third-order valence-corrected chi connectivity index (χ3v) is 7.76. The lowest BCUT2D eigenvalue weighted by Crippen LogP contribution is -2.35. The minimum Gasteiger partial charge on any atom is -0.298 e. The van der Waals surface area contributed by atoms with E-state index in [1.54, 1.807) is 18.0 Å². The molecule has 2 bridgehead atoms. The number of rotatable bonds is 2. The van der Waals surface area contributed by atoms with Crippen molar-refractivity contribution in [3.63, 3.8) is 0 Å². The molecule has 22 heavy (non-hydrogen) atoms. The number of carbonyl (C=O) groups is 1. The number of nitrogens with zero attached hydrogens (tertiary/aromatic N) is 2. The van der Waals surface area contributed by atoms with E-state index in [0.717, 1.165) is 28.6 Å². The van der Waals surface area contributed by atoms with Crippen LogP contribution in [0, 0.1) is 16.7 Å². The molecule has 2 saturated carbocycles. The van der Waals surface area contributed by atoms with Crippen molar-refractivity contribution in [2.45, 2.75) is 43.9 Å². The van der Waals surface area contributed by atoms with Crippen LogP contribution in [0.2, 0.25) is 0 Å². The second-order valence-corrected chi connectivity index (χ2v) is 8.46. The zero-order valence-corrected chi connectivity index (χ0v) is 14.0. The van der Waals surface area contributed by atoms with Crippen LogP contribution in [-0.4, -0.2) is 21.2 Å². The summed E-state index contributed by atoms with van der Waals surface area (Å²) in [5.41, 5.74) is 0.137. The van der Waals surface area contributed by atoms with Crippen LogP contribution in [0.25, 0.3) is 10.8 Å². The van der Waals surface area contributed by atoms with Gasteiger partial charge in [-0.15, -0.1) is 5.10 Å². The molecule has 2 aromatic rings. The van der Waals surface area contributed by atoms with E-state index in [-0.39, 0.29) is 22.0 Å². The van der Waals surface area contributed by atoms with Crippen molar-refractivity contribution in [2.24, 2.45) is 16.7 Å². The van der Waals surface area contributed by atoms with Crippen LogP contribution in [0.5, 0.6) is 0 Å². The summed E-state index contributed by atoms with van der Waals surface area (Å²) in [4.78, 5) is 12.9. The van der Waals surface area contributed by atoms with Crippen LogP contribution < -0.4 is 0 Å². The Morgan fingerprint density at radius 2 is 2.00 bits per heavy atom. The first kappa shape index (κ1) is 14.2. The second-order valence-electron chi connectivity index (χ2n) is 7.37. The second kappa shape index (κ2) is 4.54. The Kier molecular flexibility index (Phi) is 2.93. The Balaban J connectivity index is 1.76. The van der Waals surface area contributed by atoms with Gasteiger partial charge in [0.2, 0.25) is 0 Å². The van der Waals surface area contributed by atoms with Crippen molar-refractivity contribution in [3.05, 3.63) is 30.5 Å². The van der Waals surface area contributed by atoms with E-state index in [1.807, 2.05) is 18.2 Å². The van der Waals surface area contributed by atoms with Gasteiger partial charge in [-0.1, -0.05) is 56.8 Å². The Hall–Kier alpha value is -1.42. The predicted molar refractivity (Wildman–Crippen MR) is 88.8 cm³/mol. The normalized spacial score (nSPS) is 32.8. The van der Waals surface area contributed by atoms with Gasteiger partial charge in [0.05, 0.1) is 11.4 Å². The molecule has 2 aliphatic carbocycles. The molecule has 0 radical (unpaired) electrons. The van der Waals surface area contributed by atoms with Gasteiger partial charge in [0.25, 0.3) is 0 Å². The molecule has 1 aromatic heterocycles. The number of fused-ring (bicyclic) bond motifs is 3.